The summed E-state index contributed by atoms with van der Waals surface area (Å²) in [7, 11) is 1.82. The van der Waals surface area contributed by atoms with Crippen molar-refractivity contribution in [3.63, 3.8) is 0 Å². The van der Waals surface area contributed by atoms with Crippen molar-refractivity contribution in [3.8, 4) is 0 Å². The Labute approximate surface area is 149 Å². The molecule has 0 atom stereocenters. The van der Waals surface area contributed by atoms with Gasteiger partial charge in [-0.2, -0.15) is 13.2 Å². The third kappa shape index (κ3) is 5.22. The van der Waals surface area contributed by atoms with E-state index >= 15 is 0 Å². The second kappa shape index (κ2) is 8.11. The molecular formula is C21H29F3O. The highest BCUT2D eigenvalue weighted by Crippen LogP contribution is 2.43. The zero-order chi connectivity index (χ0) is 17.9. The van der Waals surface area contributed by atoms with Crippen molar-refractivity contribution in [3.05, 3.63) is 35.4 Å². The molecule has 4 heteroatoms. The summed E-state index contributed by atoms with van der Waals surface area (Å²) in [4.78, 5) is 0. The Hall–Kier alpha value is -1.03. The molecule has 0 N–H and O–H groups in total. The molecule has 0 heterocycles. The maximum atomic E-state index is 12.5. The van der Waals surface area contributed by atoms with E-state index in [1.807, 2.05) is 19.2 Å². The minimum Gasteiger partial charge on any atom is -0.381 e. The average molecular weight is 354 g/mol. The van der Waals surface area contributed by atoms with Gasteiger partial charge in [0.05, 0.1) is 12.5 Å². The van der Waals surface area contributed by atoms with Crippen LogP contribution in [0, 0.1) is 11.8 Å². The molecule has 0 saturated heterocycles. The quantitative estimate of drug-likeness (QED) is 0.619. The normalized spacial score (nSPS) is 31.0. The van der Waals surface area contributed by atoms with Crippen LogP contribution in [0.25, 0.3) is 0 Å². The third-order valence-corrected chi connectivity index (χ3v) is 6.35. The monoisotopic (exact) mass is 354 g/mol. The van der Waals surface area contributed by atoms with Gasteiger partial charge in [0.25, 0.3) is 0 Å². The Kier molecular flexibility index (Phi) is 6.08. The van der Waals surface area contributed by atoms with Gasteiger partial charge in [0.2, 0.25) is 0 Å². The molecular weight excluding hydrogens is 325 g/mol. The highest BCUT2D eigenvalue weighted by molar-refractivity contribution is 5.26. The van der Waals surface area contributed by atoms with Gasteiger partial charge >= 0.3 is 6.18 Å². The average Bonchev–Trinajstić information content (AvgIpc) is 2.61. The summed E-state index contributed by atoms with van der Waals surface area (Å²) in [5.41, 5.74) is 1.58. The highest BCUT2D eigenvalue weighted by Gasteiger charge is 2.31. The number of rotatable bonds is 4. The third-order valence-electron chi connectivity index (χ3n) is 6.35. The van der Waals surface area contributed by atoms with Gasteiger partial charge in [0.15, 0.2) is 0 Å². The van der Waals surface area contributed by atoms with E-state index in [9.17, 15) is 13.2 Å². The van der Waals surface area contributed by atoms with Gasteiger partial charge in [-0.15, -0.1) is 0 Å². The first-order valence-electron chi connectivity index (χ1n) is 9.63. The Morgan fingerprint density at radius 2 is 1.36 bits per heavy atom. The summed E-state index contributed by atoms with van der Waals surface area (Å²) < 4.78 is 42.8. The van der Waals surface area contributed by atoms with Crippen LogP contribution >= 0.6 is 0 Å². The topological polar surface area (TPSA) is 9.23 Å². The standard InChI is InChI=1S/C21H29F3O/c1-25-20-12-10-19(11-13-20)18-8-6-17(7-9-18)16-4-2-15(3-5-16)14-21(22,23)24/h2-5,17-20H,6-14H2,1H3/t17-,18-,19-,20-. The first-order chi connectivity index (χ1) is 11.9. The van der Waals surface area contributed by atoms with E-state index in [0.717, 1.165) is 11.8 Å². The van der Waals surface area contributed by atoms with E-state index < -0.39 is 12.6 Å². The molecule has 1 aromatic rings. The fraction of sp³-hybridized carbons (Fsp3) is 0.714. The van der Waals surface area contributed by atoms with Gasteiger partial charge in [0, 0.05) is 7.11 Å². The Morgan fingerprint density at radius 1 is 0.840 bits per heavy atom. The van der Waals surface area contributed by atoms with Gasteiger partial charge in [-0.05, 0) is 80.2 Å². The molecule has 25 heavy (non-hydrogen) atoms. The van der Waals surface area contributed by atoms with Gasteiger partial charge in [-0.25, -0.2) is 0 Å². The number of hydrogen-bond acceptors (Lipinski definition) is 1. The lowest BCUT2D eigenvalue weighted by atomic mass is 9.69. The first kappa shape index (κ1) is 18.8. The molecule has 0 bridgehead atoms. The highest BCUT2D eigenvalue weighted by atomic mass is 19.4. The van der Waals surface area contributed by atoms with Crippen molar-refractivity contribution in [1.29, 1.82) is 0 Å². The number of alkyl halides is 3. The lowest BCUT2D eigenvalue weighted by molar-refractivity contribution is -0.127. The fourth-order valence-electron chi connectivity index (χ4n) is 4.86. The van der Waals surface area contributed by atoms with Crippen molar-refractivity contribution in [2.75, 3.05) is 7.11 Å². The zero-order valence-electron chi connectivity index (χ0n) is 15.0. The van der Waals surface area contributed by atoms with E-state index in [1.54, 1.807) is 12.1 Å². The van der Waals surface area contributed by atoms with Gasteiger partial charge in [-0.1, -0.05) is 24.3 Å². The van der Waals surface area contributed by atoms with Crippen LogP contribution in [0.5, 0.6) is 0 Å². The number of benzene rings is 1. The zero-order valence-corrected chi connectivity index (χ0v) is 15.0. The number of ether oxygens (including phenoxy) is 1. The molecule has 2 saturated carbocycles. The van der Waals surface area contributed by atoms with Crippen LogP contribution in [0.1, 0.15) is 68.4 Å². The maximum Gasteiger partial charge on any atom is 0.393 e. The molecule has 0 radical (unpaired) electrons. The van der Waals surface area contributed by atoms with Crippen LogP contribution in [0.4, 0.5) is 13.2 Å². The summed E-state index contributed by atoms with van der Waals surface area (Å²) in [5.74, 6) is 2.20. The van der Waals surface area contributed by atoms with E-state index in [-0.39, 0.29) is 0 Å². The minimum absolute atomic E-state index is 0.361. The van der Waals surface area contributed by atoms with Crippen molar-refractivity contribution in [2.24, 2.45) is 11.8 Å². The van der Waals surface area contributed by atoms with Crippen LogP contribution in [-0.4, -0.2) is 19.4 Å². The second-order valence-corrected chi connectivity index (χ2v) is 7.92. The Bertz CT molecular complexity index is 521. The molecule has 3 rings (SSSR count). The first-order valence-corrected chi connectivity index (χ1v) is 9.63. The number of hydrogen-bond donors (Lipinski definition) is 0. The maximum absolute atomic E-state index is 12.5. The van der Waals surface area contributed by atoms with E-state index in [0.29, 0.717) is 17.6 Å². The molecule has 1 aromatic carbocycles. The molecule has 2 aliphatic carbocycles. The molecule has 140 valence electrons. The number of methoxy groups -OCH3 is 1. The molecule has 1 nitrogen and oxygen atoms in total. The molecule has 0 unspecified atom stereocenters. The molecule has 2 fully saturated rings. The van der Waals surface area contributed by atoms with Gasteiger partial charge < -0.3 is 4.74 Å². The second-order valence-electron chi connectivity index (χ2n) is 7.92. The van der Waals surface area contributed by atoms with Crippen molar-refractivity contribution >= 4 is 0 Å². The SMILES string of the molecule is CO[C@H]1CC[C@H]([C@H]2CC[C@H](c3ccc(CC(F)(F)F)cc3)CC2)CC1. The minimum atomic E-state index is -4.12. The fourth-order valence-corrected chi connectivity index (χ4v) is 4.86. The van der Waals surface area contributed by atoms with E-state index in [2.05, 4.69) is 0 Å². The van der Waals surface area contributed by atoms with Crippen molar-refractivity contribution < 1.29 is 17.9 Å². The van der Waals surface area contributed by atoms with Crippen LogP contribution < -0.4 is 0 Å². The predicted octanol–water partition coefficient (Wildman–Crippen LogP) is 6.27. The smallest absolute Gasteiger partial charge is 0.381 e. The molecule has 0 aromatic heterocycles. The molecule has 2 aliphatic rings. The van der Waals surface area contributed by atoms with Crippen molar-refractivity contribution in [2.45, 2.75) is 76.0 Å². The van der Waals surface area contributed by atoms with Crippen LogP contribution in [-0.2, 0) is 11.2 Å². The lowest BCUT2D eigenvalue weighted by Crippen LogP contribution is -2.27. The summed E-state index contributed by atoms with van der Waals surface area (Å²) in [6, 6.07) is 7.13. The number of halogens is 3. The molecule has 0 aliphatic heterocycles. The Balaban J connectivity index is 1.49. The molecule has 0 amide bonds. The van der Waals surface area contributed by atoms with Crippen LogP contribution in [0.2, 0.25) is 0 Å². The van der Waals surface area contributed by atoms with E-state index in [1.165, 1.54) is 56.9 Å². The summed E-state index contributed by atoms with van der Waals surface area (Å²) in [6.45, 7) is 0. The van der Waals surface area contributed by atoms with Crippen LogP contribution in [0.3, 0.4) is 0 Å². The van der Waals surface area contributed by atoms with Crippen molar-refractivity contribution in [1.82, 2.24) is 0 Å². The predicted molar refractivity (Wildman–Crippen MR) is 93.7 cm³/mol. The van der Waals surface area contributed by atoms with Gasteiger partial charge in [0.1, 0.15) is 0 Å². The van der Waals surface area contributed by atoms with Crippen LogP contribution in [0.15, 0.2) is 24.3 Å². The lowest BCUT2D eigenvalue weighted by Gasteiger charge is -2.37. The summed E-state index contributed by atoms with van der Waals surface area (Å²) in [5, 5.41) is 0. The summed E-state index contributed by atoms with van der Waals surface area (Å²) >= 11 is 0. The Morgan fingerprint density at radius 3 is 1.84 bits per heavy atom. The summed E-state index contributed by atoms with van der Waals surface area (Å²) in [6.07, 6.45) is 5.35. The van der Waals surface area contributed by atoms with Gasteiger partial charge in [-0.3, -0.25) is 0 Å². The molecule has 0 spiro atoms. The van der Waals surface area contributed by atoms with E-state index in [4.69, 9.17) is 4.74 Å². The largest absolute Gasteiger partial charge is 0.393 e.